The minimum atomic E-state index is -0.719. The second-order valence-corrected chi connectivity index (χ2v) is 6.30. The fourth-order valence-corrected chi connectivity index (χ4v) is 3.87. The molecular weight excluding hydrogens is 210 g/mol. The Morgan fingerprint density at radius 1 is 1.53 bits per heavy atom. The van der Waals surface area contributed by atoms with E-state index in [2.05, 4.69) is 6.92 Å². The minimum absolute atomic E-state index is 0.320. The lowest BCUT2D eigenvalue weighted by molar-refractivity contribution is 0.0725. The van der Waals surface area contributed by atoms with E-state index >= 15 is 0 Å². The van der Waals surface area contributed by atoms with E-state index < -0.39 is 10.8 Å². The van der Waals surface area contributed by atoms with Crippen molar-refractivity contribution in [3.05, 3.63) is 0 Å². The van der Waals surface area contributed by atoms with Crippen LogP contribution in [0.25, 0.3) is 0 Å². The van der Waals surface area contributed by atoms with Gasteiger partial charge in [0, 0.05) is 28.9 Å². The Morgan fingerprint density at radius 3 is 2.87 bits per heavy atom. The van der Waals surface area contributed by atoms with E-state index in [1.54, 1.807) is 7.11 Å². The van der Waals surface area contributed by atoms with Gasteiger partial charge in [-0.3, -0.25) is 4.21 Å². The van der Waals surface area contributed by atoms with Crippen molar-refractivity contribution in [2.45, 2.75) is 44.0 Å². The van der Waals surface area contributed by atoms with Gasteiger partial charge in [-0.25, -0.2) is 0 Å². The first kappa shape index (κ1) is 13.1. The average Bonchev–Trinajstić information content (AvgIpc) is 2.28. The first-order chi connectivity index (χ1) is 7.17. The zero-order valence-electron chi connectivity index (χ0n) is 9.78. The fourth-order valence-electron chi connectivity index (χ4n) is 2.04. The molecule has 3 nitrogen and oxygen atoms in total. The maximum Gasteiger partial charge on any atom is 0.0582 e. The maximum absolute atomic E-state index is 12.0. The molecule has 0 aliphatic heterocycles. The predicted molar refractivity (Wildman–Crippen MR) is 64.3 cm³/mol. The van der Waals surface area contributed by atoms with Crippen LogP contribution in [0.4, 0.5) is 0 Å². The summed E-state index contributed by atoms with van der Waals surface area (Å²) in [4.78, 5) is 0. The molecule has 4 heteroatoms. The van der Waals surface area contributed by atoms with Gasteiger partial charge in [-0.15, -0.1) is 0 Å². The lowest BCUT2D eigenvalue weighted by atomic mass is 9.97. The van der Waals surface area contributed by atoms with Crippen LogP contribution in [-0.2, 0) is 15.5 Å². The Kier molecular flexibility index (Phi) is 5.79. The summed E-state index contributed by atoms with van der Waals surface area (Å²) in [5, 5.41) is 0.331. The zero-order valence-corrected chi connectivity index (χ0v) is 10.6. The molecule has 0 bridgehead atoms. The minimum Gasteiger partial charge on any atom is -0.381 e. The quantitative estimate of drug-likeness (QED) is 0.778. The average molecular weight is 233 g/mol. The molecule has 0 heterocycles. The second kappa shape index (κ2) is 6.61. The molecule has 90 valence electrons. The first-order valence-electron chi connectivity index (χ1n) is 5.77. The maximum atomic E-state index is 12.0. The zero-order chi connectivity index (χ0) is 11.3. The molecular formula is C11H23NO2S. The van der Waals surface area contributed by atoms with E-state index in [9.17, 15) is 4.21 Å². The lowest BCUT2D eigenvalue weighted by Gasteiger charge is -2.28. The number of hydrogen-bond donors (Lipinski definition) is 1. The Morgan fingerprint density at radius 2 is 2.27 bits per heavy atom. The molecule has 1 aliphatic carbocycles. The van der Waals surface area contributed by atoms with Crippen molar-refractivity contribution in [3.63, 3.8) is 0 Å². The standard InChI is InChI=1S/C11H23NO2S/c1-9(7-12)8-15(13)11-5-3-4-10(6-11)14-2/h9-11H,3-8,12H2,1-2H3. The SMILES string of the molecule is COC1CCCC(S(=O)CC(C)CN)C1. The molecule has 0 aromatic rings. The van der Waals surface area contributed by atoms with Gasteiger partial charge in [0.15, 0.2) is 0 Å². The molecule has 0 aromatic carbocycles. The van der Waals surface area contributed by atoms with Crippen LogP contribution in [0, 0.1) is 5.92 Å². The van der Waals surface area contributed by atoms with E-state index in [4.69, 9.17) is 10.5 Å². The summed E-state index contributed by atoms with van der Waals surface area (Å²) in [5.74, 6) is 1.12. The molecule has 1 saturated carbocycles. The summed E-state index contributed by atoms with van der Waals surface area (Å²) in [5.41, 5.74) is 5.54. The van der Waals surface area contributed by atoms with E-state index in [0.717, 1.165) is 31.4 Å². The number of rotatable bonds is 5. The molecule has 15 heavy (non-hydrogen) atoms. The van der Waals surface area contributed by atoms with Crippen LogP contribution in [0.3, 0.4) is 0 Å². The summed E-state index contributed by atoms with van der Waals surface area (Å²) >= 11 is 0. The van der Waals surface area contributed by atoms with Crippen molar-refractivity contribution < 1.29 is 8.95 Å². The van der Waals surface area contributed by atoms with Gasteiger partial charge < -0.3 is 10.5 Å². The number of nitrogens with two attached hydrogens (primary N) is 1. The Labute approximate surface area is 95.2 Å². The molecule has 4 unspecified atom stereocenters. The van der Waals surface area contributed by atoms with Gasteiger partial charge in [0.2, 0.25) is 0 Å². The van der Waals surface area contributed by atoms with Crippen LogP contribution in [0.1, 0.15) is 32.6 Å². The Balaban J connectivity index is 2.38. The number of ether oxygens (including phenoxy) is 1. The van der Waals surface area contributed by atoms with Crippen molar-refractivity contribution in [1.82, 2.24) is 0 Å². The molecule has 0 saturated heterocycles. The highest BCUT2D eigenvalue weighted by Gasteiger charge is 2.26. The number of methoxy groups -OCH3 is 1. The predicted octanol–water partition coefficient (Wildman–Crippen LogP) is 1.29. The molecule has 1 fully saturated rings. The molecule has 0 spiro atoms. The van der Waals surface area contributed by atoms with Gasteiger partial charge in [-0.1, -0.05) is 6.92 Å². The third-order valence-corrected chi connectivity index (χ3v) is 5.20. The summed E-state index contributed by atoms with van der Waals surface area (Å²) < 4.78 is 17.4. The van der Waals surface area contributed by atoms with Gasteiger partial charge in [-0.05, 0) is 38.1 Å². The molecule has 0 radical (unpaired) electrons. The van der Waals surface area contributed by atoms with Crippen LogP contribution in [0.2, 0.25) is 0 Å². The van der Waals surface area contributed by atoms with Gasteiger partial charge >= 0.3 is 0 Å². The molecule has 4 atom stereocenters. The molecule has 1 aliphatic rings. The molecule has 1 rings (SSSR count). The van der Waals surface area contributed by atoms with Crippen LogP contribution in [-0.4, -0.2) is 35.0 Å². The first-order valence-corrected chi connectivity index (χ1v) is 7.15. The van der Waals surface area contributed by atoms with Gasteiger partial charge in [0.25, 0.3) is 0 Å². The lowest BCUT2D eigenvalue weighted by Crippen LogP contribution is -2.31. The van der Waals surface area contributed by atoms with E-state index in [1.165, 1.54) is 0 Å². The van der Waals surface area contributed by atoms with E-state index in [-0.39, 0.29) is 0 Å². The third kappa shape index (κ3) is 4.21. The summed E-state index contributed by atoms with van der Waals surface area (Å²) in [7, 11) is 1.03. The highest BCUT2D eigenvalue weighted by Crippen LogP contribution is 2.25. The van der Waals surface area contributed by atoms with Crippen molar-refractivity contribution in [2.24, 2.45) is 11.7 Å². The molecule has 0 aromatic heterocycles. The van der Waals surface area contributed by atoms with Crippen LogP contribution >= 0.6 is 0 Å². The molecule has 0 amide bonds. The van der Waals surface area contributed by atoms with Crippen molar-refractivity contribution in [2.75, 3.05) is 19.4 Å². The van der Waals surface area contributed by atoms with Crippen LogP contribution in [0.5, 0.6) is 0 Å². The van der Waals surface area contributed by atoms with Crippen LogP contribution in [0.15, 0.2) is 0 Å². The number of hydrogen-bond acceptors (Lipinski definition) is 3. The highest BCUT2D eigenvalue weighted by molar-refractivity contribution is 7.85. The van der Waals surface area contributed by atoms with Crippen LogP contribution < -0.4 is 5.73 Å². The van der Waals surface area contributed by atoms with Crippen molar-refractivity contribution in [3.8, 4) is 0 Å². The fraction of sp³-hybridized carbons (Fsp3) is 1.00. The summed E-state index contributed by atoms with van der Waals surface area (Å²) in [6.45, 7) is 2.70. The topological polar surface area (TPSA) is 52.3 Å². The van der Waals surface area contributed by atoms with Gasteiger partial charge in [0.05, 0.1) is 6.10 Å². The normalized spacial score (nSPS) is 31.1. The van der Waals surface area contributed by atoms with E-state index in [0.29, 0.717) is 23.8 Å². The molecule has 2 N–H and O–H groups in total. The van der Waals surface area contributed by atoms with E-state index in [1.807, 2.05) is 0 Å². The monoisotopic (exact) mass is 233 g/mol. The van der Waals surface area contributed by atoms with Crippen molar-refractivity contribution >= 4 is 10.8 Å². The highest BCUT2D eigenvalue weighted by atomic mass is 32.2. The second-order valence-electron chi connectivity index (χ2n) is 4.53. The Bertz CT molecular complexity index is 211. The van der Waals surface area contributed by atoms with Gasteiger partial charge in [-0.2, -0.15) is 0 Å². The van der Waals surface area contributed by atoms with Gasteiger partial charge in [0.1, 0.15) is 0 Å². The smallest absolute Gasteiger partial charge is 0.0582 e. The largest absolute Gasteiger partial charge is 0.381 e. The summed E-state index contributed by atoms with van der Waals surface area (Å²) in [6.07, 6.45) is 4.63. The third-order valence-electron chi connectivity index (χ3n) is 3.13. The summed E-state index contributed by atoms with van der Waals surface area (Å²) in [6, 6.07) is 0. The van der Waals surface area contributed by atoms with Crippen molar-refractivity contribution in [1.29, 1.82) is 0 Å². The Hall–Kier alpha value is 0.0700.